The van der Waals surface area contributed by atoms with Gasteiger partial charge in [0.2, 0.25) is 0 Å². The third kappa shape index (κ3) is 3.60. The van der Waals surface area contributed by atoms with E-state index in [-0.39, 0.29) is 11.1 Å². The maximum absolute atomic E-state index is 11.5. The second-order valence-electron chi connectivity index (χ2n) is 5.68. The third-order valence-corrected chi connectivity index (χ3v) is 4.22. The fourth-order valence-electron chi connectivity index (χ4n) is 2.79. The molecule has 2 heterocycles. The van der Waals surface area contributed by atoms with Gasteiger partial charge in [-0.2, -0.15) is 0 Å². The highest BCUT2D eigenvalue weighted by atomic mass is 35.5. The predicted octanol–water partition coefficient (Wildman–Crippen LogP) is 1.60. The van der Waals surface area contributed by atoms with Crippen molar-refractivity contribution in [3.63, 3.8) is 0 Å². The quantitative estimate of drug-likeness (QED) is 0.882. The van der Waals surface area contributed by atoms with Crippen molar-refractivity contribution in [2.75, 3.05) is 31.2 Å². The lowest BCUT2D eigenvalue weighted by molar-refractivity contribution is 0.0997. The van der Waals surface area contributed by atoms with Crippen molar-refractivity contribution in [1.82, 2.24) is 4.57 Å². The molecular weight excluding hydrogens is 328 g/mol. The molecule has 1 fully saturated rings. The van der Waals surface area contributed by atoms with E-state index in [1.807, 2.05) is 12.1 Å². The SMILES string of the molecule is N=c1c(C(N)=O)cc(Cl)cn1Cc1cccc(N2CCOCC2)c1. The van der Waals surface area contributed by atoms with Gasteiger partial charge in [0.1, 0.15) is 5.49 Å². The number of nitrogens with two attached hydrogens (primary N) is 1. The normalized spacial score (nSPS) is 14.6. The molecule has 0 bridgehead atoms. The topological polar surface area (TPSA) is 84.3 Å². The molecule has 1 aromatic carbocycles. The number of benzene rings is 1. The minimum absolute atomic E-state index is 0.0590. The van der Waals surface area contributed by atoms with Gasteiger partial charge in [-0.1, -0.05) is 23.7 Å². The van der Waals surface area contributed by atoms with Crippen molar-refractivity contribution >= 4 is 23.2 Å². The van der Waals surface area contributed by atoms with Crippen LogP contribution >= 0.6 is 11.6 Å². The highest BCUT2D eigenvalue weighted by Crippen LogP contribution is 2.18. The van der Waals surface area contributed by atoms with E-state index in [9.17, 15) is 4.79 Å². The van der Waals surface area contributed by atoms with E-state index in [4.69, 9.17) is 27.5 Å². The monoisotopic (exact) mass is 346 g/mol. The van der Waals surface area contributed by atoms with Crippen molar-refractivity contribution in [1.29, 1.82) is 5.41 Å². The van der Waals surface area contributed by atoms with Gasteiger partial charge in [-0.15, -0.1) is 0 Å². The Bertz CT molecular complexity index is 812. The number of nitrogens with zero attached hydrogens (tertiary/aromatic N) is 2. The molecule has 2 aromatic rings. The molecule has 24 heavy (non-hydrogen) atoms. The summed E-state index contributed by atoms with van der Waals surface area (Å²) in [6.07, 6.45) is 1.64. The van der Waals surface area contributed by atoms with Crippen molar-refractivity contribution < 1.29 is 9.53 Å². The molecule has 1 saturated heterocycles. The van der Waals surface area contributed by atoms with Crippen LogP contribution in [0, 0.1) is 5.41 Å². The Kier molecular flexibility index (Phi) is 4.87. The van der Waals surface area contributed by atoms with E-state index in [1.165, 1.54) is 6.07 Å². The van der Waals surface area contributed by atoms with Crippen molar-refractivity contribution in [2.24, 2.45) is 5.73 Å². The Morgan fingerprint density at radius 2 is 2.04 bits per heavy atom. The van der Waals surface area contributed by atoms with Crippen molar-refractivity contribution in [3.05, 3.63) is 58.2 Å². The van der Waals surface area contributed by atoms with Crippen molar-refractivity contribution in [3.8, 4) is 0 Å². The largest absolute Gasteiger partial charge is 0.378 e. The van der Waals surface area contributed by atoms with Gasteiger partial charge in [0.25, 0.3) is 5.91 Å². The standard InChI is InChI=1S/C17H19ClN4O2/c18-13-9-15(17(20)23)16(19)22(11-13)10-12-2-1-3-14(8-12)21-4-6-24-7-5-21/h1-3,8-9,11,19H,4-7,10H2,(H2,20,23). The van der Waals surface area contributed by atoms with Crippen LogP contribution in [0.3, 0.4) is 0 Å². The number of amides is 1. The first-order valence-electron chi connectivity index (χ1n) is 7.70. The molecule has 0 unspecified atom stereocenters. The van der Waals surface area contributed by atoms with Crippen LogP contribution in [0.5, 0.6) is 0 Å². The molecule has 3 N–H and O–H groups in total. The molecule has 126 valence electrons. The minimum Gasteiger partial charge on any atom is -0.378 e. The molecule has 1 aliphatic rings. The zero-order chi connectivity index (χ0) is 17.1. The molecule has 0 saturated carbocycles. The van der Waals surface area contributed by atoms with Crippen LogP contribution < -0.4 is 16.1 Å². The maximum atomic E-state index is 11.5. The number of nitrogens with one attached hydrogen (secondary N) is 1. The summed E-state index contributed by atoms with van der Waals surface area (Å²) in [6, 6.07) is 9.55. The number of hydrogen-bond donors (Lipinski definition) is 2. The van der Waals surface area contributed by atoms with Gasteiger partial charge < -0.3 is 19.9 Å². The first kappa shape index (κ1) is 16.5. The molecule has 7 heteroatoms. The van der Waals surface area contributed by atoms with Gasteiger partial charge >= 0.3 is 0 Å². The summed E-state index contributed by atoms with van der Waals surface area (Å²) in [5, 5.41) is 8.53. The molecule has 3 rings (SSSR count). The Labute approximate surface area is 144 Å². The highest BCUT2D eigenvalue weighted by Gasteiger charge is 2.12. The molecule has 1 aliphatic heterocycles. The van der Waals surface area contributed by atoms with Crippen LogP contribution in [0.4, 0.5) is 5.69 Å². The summed E-state index contributed by atoms with van der Waals surface area (Å²) in [4.78, 5) is 13.7. The van der Waals surface area contributed by atoms with Crippen LogP contribution in [0.25, 0.3) is 0 Å². The number of carbonyl (C=O) groups excluding carboxylic acids is 1. The highest BCUT2D eigenvalue weighted by molar-refractivity contribution is 6.30. The van der Waals surface area contributed by atoms with E-state index in [0.717, 1.165) is 37.6 Å². The summed E-state index contributed by atoms with van der Waals surface area (Å²) < 4.78 is 7.01. The van der Waals surface area contributed by atoms with Crippen LogP contribution in [0.1, 0.15) is 15.9 Å². The number of aromatic nitrogens is 1. The van der Waals surface area contributed by atoms with Gasteiger partial charge in [0.15, 0.2) is 0 Å². The van der Waals surface area contributed by atoms with E-state index >= 15 is 0 Å². The van der Waals surface area contributed by atoms with Gasteiger partial charge in [-0.3, -0.25) is 10.2 Å². The average Bonchev–Trinajstić information content (AvgIpc) is 2.58. The zero-order valence-electron chi connectivity index (χ0n) is 13.2. The summed E-state index contributed by atoms with van der Waals surface area (Å²) >= 11 is 6.05. The fourth-order valence-corrected chi connectivity index (χ4v) is 3.02. The fraction of sp³-hybridized carbons (Fsp3) is 0.294. The van der Waals surface area contributed by atoms with Gasteiger partial charge in [0, 0.05) is 31.5 Å². The van der Waals surface area contributed by atoms with E-state index in [0.29, 0.717) is 11.6 Å². The first-order chi connectivity index (χ1) is 11.5. The second-order valence-corrected chi connectivity index (χ2v) is 6.12. The van der Waals surface area contributed by atoms with Gasteiger partial charge in [0.05, 0.1) is 23.8 Å². The second kappa shape index (κ2) is 7.07. The molecule has 1 amide bonds. The van der Waals surface area contributed by atoms with Crippen LogP contribution in [0.2, 0.25) is 5.02 Å². The Morgan fingerprint density at radius 1 is 1.29 bits per heavy atom. The van der Waals surface area contributed by atoms with Crippen LogP contribution in [-0.4, -0.2) is 36.8 Å². The predicted molar refractivity (Wildman–Crippen MR) is 92.4 cm³/mol. The lowest BCUT2D eigenvalue weighted by Crippen LogP contribution is -2.36. The van der Waals surface area contributed by atoms with Gasteiger partial charge in [-0.25, -0.2) is 0 Å². The van der Waals surface area contributed by atoms with Gasteiger partial charge in [-0.05, 0) is 23.8 Å². The van der Waals surface area contributed by atoms with Crippen LogP contribution in [-0.2, 0) is 11.3 Å². The molecule has 1 aromatic heterocycles. The Hall–Kier alpha value is -2.31. The lowest BCUT2D eigenvalue weighted by Gasteiger charge is -2.29. The molecule has 0 spiro atoms. The molecular formula is C17H19ClN4O2. The smallest absolute Gasteiger partial charge is 0.252 e. The number of ether oxygens (including phenoxy) is 1. The number of morpholine rings is 1. The van der Waals surface area contributed by atoms with E-state index in [2.05, 4.69) is 17.0 Å². The van der Waals surface area contributed by atoms with Crippen molar-refractivity contribution in [2.45, 2.75) is 6.54 Å². The summed E-state index contributed by atoms with van der Waals surface area (Å²) in [7, 11) is 0. The zero-order valence-corrected chi connectivity index (χ0v) is 13.9. The maximum Gasteiger partial charge on any atom is 0.252 e. The lowest BCUT2D eigenvalue weighted by atomic mass is 10.1. The molecule has 0 radical (unpaired) electrons. The molecule has 6 nitrogen and oxygen atoms in total. The van der Waals surface area contributed by atoms with Crippen LogP contribution in [0.15, 0.2) is 36.5 Å². The molecule has 0 aliphatic carbocycles. The number of rotatable bonds is 4. The summed E-state index contributed by atoms with van der Waals surface area (Å²) in [6.45, 7) is 3.63. The minimum atomic E-state index is -0.654. The summed E-state index contributed by atoms with van der Waals surface area (Å²) in [5.74, 6) is -0.654. The first-order valence-corrected chi connectivity index (χ1v) is 8.08. The number of pyridine rings is 1. The van der Waals surface area contributed by atoms with E-state index < -0.39 is 5.91 Å². The number of primary amides is 1. The number of carbonyl (C=O) groups is 1. The Morgan fingerprint density at radius 3 is 2.75 bits per heavy atom. The Balaban J connectivity index is 1.89. The average molecular weight is 347 g/mol. The molecule has 0 atom stereocenters. The number of halogens is 1. The van der Waals surface area contributed by atoms with E-state index in [1.54, 1.807) is 10.8 Å². The number of hydrogen-bond acceptors (Lipinski definition) is 4. The summed E-state index contributed by atoms with van der Waals surface area (Å²) in [5.41, 5.74) is 7.64. The number of anilines is 1. The third-order valence-electron chi connectivity index (χ3n) is 4.01.